The molecule has 1 atom stereocenters. The van der Waals surface area contributed by atoms with Crippen molar-refractivity contribution in [3.8, 4) is 0 Å². The first-order valence-electron chi connectivity index (χ1n) is 6.16. The number of benzene rings is 1. The zero-order chi connectivity index (χ0) is 15.6. The van der Waals surface area contributed by atoms with Crippen molar-refractivity contribution in [2.24, 2.45) is 0 Å². The number of hydrogen-bond acceptors (Lipinski definition) is 4. The minimum Gasteiger partial charge on any atom is -0.387 e. The summed E-state index contributed by atoms with van der Waals surface area (Å²) in [4.78, 5) is 1.92. The molecule has 0 heterocycles. The molecule has 1 aromatic carbocycles. The summed E-state index contributed by atoms with van der Waals surface area (Å²) in [6.45, 7) is 3.56. The second-order valence-electron chi connectivity index (χ2n) is 5.47. The predicted octanol–water partition coefficient (Wildman–Crippen LogP) is 1.24. The first-order chi connectivity index (χ1) is 9.03. The van der Waals surface area contributed by atoms with Gasteiger partial charge in [-0.2, -0.15) is 0 Å². The molecule has 0 aliphatic heterocycles. The van der Waals surface area contributed by atoms with Gasteiger partial charge in [0.2, 0.25) is 10.0 Å². The Balaban J connectivity index is 2.88. The summed E-state index contributed by atoms with van der Waals surface area (Å²) in [6.07, 6.45) is 0. The molecule has 0 radical (unpaired) electrons. The Kier molecular flexibility index (Phi) is 5.57. The molecule has 0 spiro atoms. The van der Waals surface area contributed by atoms with Gasteiger partial charge >= 0.3 is 0 Å². The normalized spacial score (nSPS) is 15.3. The topological polar surface area (TPSA) is 69.6 Å². The van der Waals surface area contributed by atoms with E-state index in [2.05, 4.69) is 4.72 Å². The Hall–Kier alpha value is -0.660. The first kappa shape index (κ1) is 17.4. The van der Waals surface area contributed by atoms with Gasteiger partial charge in [-0.3, -0.25) is 0 Å². The van der Waals surface area contributed by atoms with Crippen LogP contribution in [0.3, 0.4) is 0 Å². The highest BCUT2D eigenvalue weighted by atomic mass is 35.5. The van der Waals surface area contributed by atoms with E-state index in [1.807, 2.05) is 14.1 Å². The maximum Gasteiger partial charge on any atom is 0.240 e. The number of aryl methyl sites for hydroxylation is 1. The third kappa shape index (κ3) is 5.03. The molecule has 0 saturated carbocycles. The van der Waals surface area contributed by atoms with Crippen LogP contribution in [0.1, 0.15) is 12.5 Å². The van der Waals surface area contributed by atoms with Crippen LogP contribution in [-0.2, 0) is 10.0 Å². The van der Waals surface area contributed by atoms with Crippen molar-refractivity contribution in [2.45, 2.75) is 24.3 Å². The van der Waals surface area contributed by atoms with E-state index >= 15 is 0 Å². The molecule has 0 bridgehead atoms. The van der Waals surface area contributed by atoms with Gasteiger partial charge in [-0.15, -0.1) is 0 Å². The minimum absolute atomic E-state index is 0.0700. The minimum atomic E-state index is -3.70. The van der Waals surface area contributed by atoms with E-state index < -0.39 is 15.6 Å². The Labute approximate surface area is 125 Å². The number of aliphatic hydroxyl groups is 1. The van der Waals surface area contributed by atoms with Gasteiger partial charge in [0.1, 0.15) is 0 Å². The molecule has 0 aliphatic rings. The molecule has 7 heteroatoms. The van der Waals surface area contributed by atoms with Crippen molar-refractivity contribution < 1.29 is 13.5 Å². The maximum absolute atomic E-state index is 12.2. The number of nitrogens with zero attached hydrogens (tertiary/aromatic N) is 1. The van der Waals surface area contributed by atoms with Crippen LogP contribution in [0.4, 0.5) is 0 Å². The van der Waals surface area contributed by atoms with E-state index in [1.54, 1.807) is 30.9 Å². The molecule has 5 nitrogen and oxygen atoms in total. The molecule has 0 amide bonds. The molecule has 2 N–H and O–H groups in total. The van der Waals surface area contributed by atoms with Crippen LogP contribution >= 0.6 is 11.6 Å². The smallest absolute Gasteiger partial charge is 0.240 e. The van der Waals surface area contributed by atoms with Crippen LogP contribution in [0.2, 0.25) is 5.02 Å². The molecule has 0 aliphatic carbocycles. The Bertz CT molecular complexity index is 571. The molecule has 114 valence electrons. The van der Waals surface area contributed by atoms with E-state index in [-0.39, 0.29) is 11.4 Å². The van der Waals surface area contributed by atoms with Crippen LogP contribution in [0.25, 0.3) is 0 Å². The fourth-order valence-electron chi connectivity index (χ4n) is 1.93. The van der Waals surface area contributed by atoms with Crippen LogP contribution in [-0.4, -0.2) is 51.2 Å². The summed E-state index contributed by atoms with van der Waals surface area (Å²) in [5.74, 6) is 0. The zero-order valence-corrected chi connectivity index (χ0v) is 13.7. The lowest BCUT2D eigenvalue weighted by atomic mass is 10.1. The van der Waals surface area contributed by atoms with E-state index in [1.165, 1.54) is 6.07 Å². The van der Waals surface area contributed by atoms with Crippen molar-refractivity contribution in [1.82, 2.24) is 9.62 Å². The second kappa shape index (κ2) is 6.41. The van der Waals surface area contributed by atoms with Crippen LogP contribution in [0.15, 0.2) is 23.1 Å². The fourth-order valence-corrected chi connectivity index (χ4v) is 3.60. The summed E-state index contributed by atoms with van der Waals surface area (Å²) in [5.41, 5.74) is -0.544. The first-order valence-corrected chi connectivity index (χ1v) is 8.02. The van der Waals surface area contributed by atoms with E-state index in [0.29, 0.717) is 17.1 Å². The van der Waals surface area contributed by atoms with Gasteiger partial charge in [0.05, 0.1) is 10.5 Å². The van der Waals surface area contributed by atoms with Gasteiger partial charge in [0.15, 0.2) is 0 Å². The lowest BCUT2D eigenvalue weighted by Gasteiger charge is -2.27. The summed E-state index contributed by atoms with van der Waals surface area (Å²) in [6, 6.07) is 4.69. The van der Waals surface area contributed by atoms with Gasteiger partial charge in [-0.1, -0.05) is 17.7 Å². The third-order valence-electron chi connectivity index (χ3n) is 2.74. The van der Waals surface area contributed by atoms with Crippen LogP contribution < -0.4 is 4.72 Å². The van der Waals surface area contributed by atoms with Gasteiger partial charge < -0.3 is 10.0 Å². The Morgan fingerprint density at radius 3 is 2.55 bits per heavy atom. The average molecular weight is 321 g/mol. The zero-order valence-electron chi connectivity index (χ0n) is 12.1. The number of sulfonamides is 1. The molecule has 1 aromatic rings. The monoisotopic (exact) mass is 320 g/mol. The predicted molar refractivity (Wildman–Crippen MR) is 80.6 cm³/mol. The van der Waals surface area contributed by atoms with E-state index in [9.17, 15) is 13.5 Å². The molecule has 0 saturated heterocycles. The summed E-state index contributed by atoms with van der Waals surface area (Å²) in [7, 11) is -0.0762. The second-order valence-corrected chi connectivity index (χ2v) is 7.64. The Morgan fingerprint density at radius 1 is 1.40 bits per heavy atom. The van der Waals surface area contributed by atoms with Crippen molar-refractivity contribution in [3.05, 3.63) is 28.8 Å². The van der Waals surface area contributed by atoms with Crippen molar-refractivity contribution in [1.29, 1.82) is 0 Å². The number of rotatable bonds is 6. The molecule has 20 heavy (non-hydrogen) atoms. The quantitative estimate of drug-likeness (QED) is 0.827. The van der Waals surface area contributed by atoms with Gasteiger partial charge in [0, 0.05) is 18.1 Å². The van der Waals surface area contributed by atoms with E-state index in [0.717, 1.165) is 0 Å². The van der Waals surface area contributed by atoms with E-state index in [4.69, 9.17) is 11.6 Å². The maximum atomic E-state index is 12.2. The molecular formula is C13H21ClN2O3S. The lowest BCUT2D eigenvalue weighted by molar-refractivity contribution is 0.0386. The largest absolute Gasteiger partial charge is 0.387 e. The number of likely N-dealkylation sites (N-methyl/N-ethyl adjacent to an activating group) is 1. The number of halogens is 1. The Morgan fingerprint density at radius 2 is 2.00 bits per heavy atom. The van der Waals surface area contributed by atoms with Crippen molar-refractivity contribution in [2.75, 3.05) is 27.2 Å². The standard InChI is InChI=1S/C13H21ClN2O3S/c1-10-5-6-11(14)7-12(10)20(18,19)15-8-13(2,17)9-16(3)4/h5-7,15,17H,8-9H2,1-4H3. The summed E-state index contributed by atoms with van der Waals surface area (Å²) >= 11 is 5.83. The van der Waals surface area contributed by atoms with Gasteiger partial charge in [-0.05, 0) is 45.6 Å². The third-order valence-corrected chi connectivity index (χ3v) is 4.52. The molecule has 0 aromatic heterocycles. The van der Waals surface area contributed by atoms with Crippen molar-refractivity contribution in [3.63, 3.8) is 0 Å². The highest BCUT2D eigenvalue weighted by Crippen LogP contribution is 2.20. The number of hydrogen-bond donors (Lipinski definition) is 2. The summed E-state index contributed by atoms with van der Waals surface area (Å²) < 4.78 is 26.9. The fraction of sp³-hybridized carbons (Fsp3) is 0.538. The average Bonchev–Trinajstić information content (AvgIpc) is 2.28. The number of nitrogens with one attached hydrogen (secondary N) is 1. The van der Waals surface area contributed by atoms with Gasteiger partial charge in [0.25, 0.3) is 0 Å². The SMILES string of the molecule is Cc1ccc(Cl)cc1S(=O)(=O)NCC(C)(O)CN(C)C. The molecule has 1 rings (SSSR count). The highest BCUT2D eigenvalue weighted by Gasteiger charge is 2.25. The summed E-state index contributed by atoms with van der Waals surface area (Å²) in [5, 5.41) is 10.5. The van der Waals surface area contributed by atoms with Gasteiger partial charge in [-0.25, -0.2) is 13.1 Å². The van der Waals surface area contributed by atoms with Crippen LogP contribution in [0.5, 0.6) is 0 Å². The molecular weight excluding hydrogens is 300 g/mol. The van der Waals surface area contributed by atoms with Crippen molar-refractivity contribution >= 4 is 21.6 Å². The lowest BCUT2D eigenvalue weighted by Crippen LogP contribution is -2.47. The van der Waals surface area contributed by atoms with Crippen LogP contribution in [0, 0.1) is 6.92 Å². The highest BCUT2D eigenvalue weighted by molar-refractivity contribution is 7.89. The molecule has 0 fully saturated rings. The molecule has 1 unspecified atom stereocenters.